The van der Waals surface area contributed by atoms with E-state index in [-0.39, 0.29) is 10.8 Å². The smallest absolute Gasteiger partial charge is 0.257 e. The summed E-state index contributed by atoms with van der Waals surface area (Å²) in [5, 5.41) is 7.62. The molecule has 0 radical (unpaired) electrons. The number of benzene rings is 2. The fourth-order valence-electron chi connectivity index (χ4n) is 1.67. The number of nitrogen functional groups attached to an aromatic ring is 1. The number of nitrogens with two attached hydrogens (primary N) is 2. The molecule has 1 amide bonds. The minimum absolute atomic E-state index is 0.0244. The van der Waals surface area contributed by atoms with Gasteiger partial charge in [0, 0.05) is 15.8 Å². The van der Waals surface area contributed by atoms with Crippen molar-refractivity contribution in [3.05, 3.63) is 52.5 Å². The van der Waals surface area contributed by atoms with Crippen LogP contribution >= 0.6 is 15.9 Å². The average molecular weight is 370 g/mol. The number of nitrogens with one attached hydrogen (secondary N) is 1. The first kappa shape index (κ1) is 15.5. The molecule has 6 nitrogen and oxygen atoms in total. The van der Waals surface area contributed by atoms with E-state index in [0.29, 0.717) is 16.9 Å². The largest absolute Gasteiger partial charge is 0.398 e. The second-order valence-corrected chi connectivity index (χ2v) is 6.73. The summed E-state index contributed by atoms with van der Waals surface area (Å²) >= 11 is 3.26. The van der Waals surface area contributed by atoms with Crippen molar-refractivity contribution < 1.29 is 13.2 Å². The lowest BCUT2D eigenvalue weighted by Gasteiger charge is -2.08. The molecule has 2 rings (SSSR count). The van der Waals surface area contributed by atoms with E-state index in [1.54, 1.807) is 18.2 Å². The van der Waals surface area contributed by atoms with Crippen molar-refractivity contribution in [2.45, 2.75) is 4.90 Å². The summed E-state index contributed by atoms with van der Waals surface area (Å²) in [5.41, 5.74) is 6.87. The lowest BCUT2D eigenvalue weighted by atomic mass is 10.1. The molecule has 2 aromatic carbocycles. The molecule has 0 aromatic heterocycles. The highest BCUT2D eigenvalue weighted by atomic mass is 79.9. The van der Waals surface area contributed by atoms with E-state index in [0.717, 1.165) is 4.47 Å². The van der Waals surface area contributed by atoms with E-state index in [1.807, 2.05) is 0 Å². The number of carbonyl (C=O) groups is 1. The SMILES string of the molecule is Nc1cc(Br)ccc1C(=O)Nc1ccc(S(N)(=O)=O)cc1. The Kier molecular flexibility index (Phi) is 4.31. The predicted octanol–water partition coefficient (Wildman–Crippen LogP) is 1.93. The lowest BCUT2D eigenvalue weighted by molar-refractivity contribution is 0.102. The van der Waals surface area contributed by atoms with Crippen LogP contribution in [0.5, 0.6) is 0 Å². The zero-order chi connectivity index (χ0) is 15.6. The van der Waals surface area contributed by atoms with E-state index < -0.39 is 10.0 Å². The highest BCUT2D eigenvalue weighted by molar-refractivity contribution is 9.10. The molecule has 8 heteroatoms. The molecule has 2 aromatic rings. The number of anilines is 2. The number of hydrogen-bond acceptors (Lipinski definition) is 4. The van der Waals surface area contributed by atoms with Crippen LogP contribution in [0.25, 0.3) is 0 Å². The number of sulfonamides is 1. The molecule has 0 saturated heterocycles. The van der Waals surface area contributed by atoms with Gasteiger partial charge >= 0.3 is 0 Å². The van der Waals surface area contributed by atoms with Crippen LogP contribution in [0, 0.1) is 0 Å². The van der Waals surface area contributed by atoms with Crippen molar-refractivity contribution in [3.63, 3.8) is 0 Å². The maximum Gasteiger partial charge on any atom is 0.257 e. The molecule has 5 N–H and O–H groups in total. The number of hydrogen-bond donors (Lipinski definition) is 3. The van der Waals surface area contributed by atoms with Gasteiger partial charge in [0.05, 0.1) is 10.5 Å². The molecular weight excluding hydrogens is 358 g/mol. The maximum atomic E-state index is 12.1. The maximum absolute atomic E-state index is 12.1. The van der Waals surface area contributed by atoms with Gasteiger partial charge in [-0.25, -0.2) is 13.6 Å². The molecular formula is C13H12BrN3O3S. The highest BCUT2D eigenvalue weighted by Gasteiger charge is 2.11. The number of carbonyl (C=O) groups excluding carboxylic acids is 1. The molecule has 21 heavy (non-hydrogen) atoms. The quantitative estimate of drug-likeness (QED) is 0.716. The molecule has 0 aliphatic carbocycles. The number of rotatable bonds is 3. The van der Waals surface area contributed by atoms with Crippen molar-refractivity contribution in [3.8, 4) is 0 Å². The zero-order valence-corrected chi connectivity index (χ0v) is 13.1. The summed E-state index contributed by atoms with van der Waals surface area (Å²) in [7, 11) is -3.75. The van der Waals surface area contributed by atoms with Gasteiger partial charge in [0.2, 0.25) is 10.0 Å². The van der Waals surface area contributed by atoms with Gasteiger partial charge in [0.25, 0.3) is 5.91 Å². The Morgan fingerprint density at radius 3 is 2.24 bits per heavy atom. The zero-order valence-electron chi connectivity index (χ0n) is 10.7. The van der Waals surface area contributed by atoms with Crippen LogP contribution in [0.3, 0.4) is 0 Å². The van der Waals surface area contributed by atoms with Gasteiger partial charge in [-0.2, -0.15) is 0 Å². The molecule has 0 aliphatic rings. The molecule has 0 bridgehead atoms. The molecule has 110 valence electrons. The monoisotopic (exact) mass is 369 g/mol. The normalized spacial score (nSPS) is 11.1. The third-order valence-corrected chi connectivity index (χ3v) is 4.12. The Morgan fingerprint density at radius 1 is 1.10 bits per heavy atom. The molecule has 0 spiro atoms. The van der Waals surface area contributed by atoms with Crippen molar-refractivity contribution in [1.82, 2.24) is 0 Å². The second kappa shape index (κ2) is 5.84. The van der Waals surface area contributed by atoms with Crippen LogP contribution < -0.4 is 16.2 Å². The molecule has 0 heterocycles. The van der Waals surface area contributed by atoms with E-state index in [4.69, 9.17) is 10.9 Å². The third kappa shape index (κ3) is 3.81. The summed E-state index contributed by atoms with van der Waals surface area (Å²) in [5.74, 6) is -0.386. The molecule has 0 aliphatic heterocycles. The number of primary sulfonamides is 1. The Balaban J connectivity index is 2.20. The Labute approximate surface area is 130 Å². The van der Waals surface area contributed by atoms with Crippen LogP contribution in [0.4, 0.5) is 11.4 Å². The van der Waals surface area contributed by atoms with E-state index in [2.05, 4.69) is 21.2 Å². The van der Waals surface area contributed by atoms with Crippen LogP contribution in [0.2, 0.25) is 0 Å². The first-order chi connectivity index (χ1) is 9.77. The van der Waals surface area contributed by atoms with Crippen molar-refractivity contribution in [1.29, 1.82) is 0 Å². The van der Waals surface area contributed by atoms with E-state index >= 15 is 0 Å². The fraction of sp³-hybridized carbons (Fsp3) is 0. The van der Waals surface area contributed by atoms with Gasteiger partial charge in [0.1, 0.15) is 0 Å². The number of amides is 1. The van der Waals surface area contributed by atoms with Crippen LogP contribution in [0.15, 0.2) is 51.8 Å². The summed E-state index contributed by atoms with van der Waals surface area (Å²) in [4.78, 5) is 12.1. The third-order valence-electron chi connectivity index (χ3n) is 2.70. The van der Waals surface area contributed by atoms with Gasteiger partial charge < -0.3 is 11.1 Å². The molecule has 0 unspecified atom stereocenters. The Hall–Kier alpha value is -1.90. The topological polar surface area (TPSA) is 115 Å². The van der Waals surface area contributed by atoms with Crippen LogP contribution in [-0.4, -0.2) is 14.3 Å². The summed E-state index contributed by atoms with van der Waals surface area (Å²) in [6.45, 7) is 0. The Bertz CT molecular complexity index is 789. The predicted molar refractivity (Wildman–Crippen MR) is 84.3 cm³/mol. The van der Waals surface area contributed by atoms with Crippen molar-refractivity contribution in [2.75, 3.05) is 11.1 Å². The van der Waals surface area contributed by atoms with Gasteiger partial charge in [-0.15, -0.1) is 0 Å². The average Bonchev–Trinajstić information content (AvgIpc) is 2.38. The Morgan fingerprint density at radius 2 is 1.71 bits per heavy atom. The molecule has 0 fully saturated rings. The minimum atomic E-state index is -3.75. The van der Waals surface area contributed by atoms with Gasteiger partial charge in [-0.3, -0.25) is 4.79 Å². The fourth-order valence-corrected chi connectivity index (χ4v) is 2.56. The van der Waals surface area contributed by atoms with E-state index in [9.17, 15) is 13.2 Å². The first-order valence-electron chi connectivity index (χ1n) is 5.76. The molecule has 0 atom stereocenters. The summed E-state index contributed by atoms with van der Waals surface area (Å²) in [6.07, 6.45) is 0. The summed E-state index contributed by atoms with van der Waals surface area (Å²) < 4.78 is 23.0. The second-order valence-electron chi connectivity index (χ2n) is 4.26. The van der Waals surface area contributed by atoms with Crippen molar-refractivity contribution in [2.24, 2.45) is 5.14 Å². The molecule has 0 saturated carbocycles. The van der Waals surface area contributed by atoms with Gasteiger partial charge in [0.15, 0.2) is 0 Å². The van der Waals surface area contributed by atoms with Crippen molar-refractivity contribution >= 4 is 43.2 Å². The van der Waals surface area contributed by atoms with E-state index in [1.165, 1.54) is 24.3 Å². The first-order valence-corrected chi connectivity index (χ1v) is 8.10. The number of halogens is 1. The van der Waals surface area contributed by atoms with Crippen LogP contribution in [0.1, 0.15) is 10.4 Å². The van der Waals surface area contributed by atoms with Gasteiger partial charge in [-0.1, -0.05) is 15.9 Å². The van der Waals surface area contributed by atoms with Crippen LogP contribution in [-0.2, 0) is 10.0 Å². The minimum Gasteiger partial charge on any atom is -0.398 e. The van der Waals surface area contributed by atoms with Gasteiger partial charge in [-0.05, 0) is 42.5 Å². The summed E-state index contributed by atoms with van der Waals surface area (Å²) in [6, 6.07) is 10.5. The lowest BCUT2D eigenvalue weighted by Crippen LogP contribution is -2.15. The highest BCUT2D eigenvalue weighted by Crippen LogP contribution is 2.20. The standard InChI is InChI=1S/C13H12BrN3O3S/c14-8-1-6-11(12(15)7-8)13(18)17-9-2-4-10(5-3-9)21(16,19)20/h1-7H,15H2,(H,17,18)(H2,16,19,20).